The van der Waals surface area contributed by atoms with Crippen molar-refractivity contribution in [2.75, 3.05) is 26.3 Å². The fourth-order valence-corrected chi connectivity index (χ4v) is 1.43. The quantitative estimate of drug-likeness (QED) is 0.655. The summed E-state index contributed by atoms with van der Waals surface area (Å²) in [5, 5.41) is 0. The topological polar surface area (TPSA) is 38.2 Å². The molecule has 0 saturated carbocycles. The zero-order valence-corrected chi connectivity index (χ0v) is 7.52. The second kappa shape index (κ2) is 4.30. The van der Waals surface area contributed by atoms with Gasteiger partial charge in [0, 0.05) is 37.6 Å². The van der Waals surface area contributed by atoms with Crippen molar-refractivity contribution >= 4 is 0 Å². The van der Waals surface area contributed by atoms with Gasteiger partial charge in [-0.25, -0.2) is 9.97 Å². The molecule has 13 heavy (non-hydrogen) atoms. The van der Waals surface area contributed by atoms with Gasteiger partial charge in [-0.3, -0.25) is 4.90 Å². The predicted octanol–water partition coefficient (Wildman–Crippen LogP) is 0.309. The normalized spacial score (nSPS) is 18.8. The van der Waals surface area contributed by atoms with Crippen molar-refractivity contribution < 1.29 is 4.74 Å². The number of morpholine rings is 1. The van der Waals surface area contributed by atoms with Crippen LogP contribution in [0, 0.1) is 0 Å². The van der Waals surface area contributed by atoms with E-state index in [9.17, 15) is 0 Å². The Kier molecular flexibility index (Phi) is 2.84. The molecule has 0 unspecified atom stereocenters. The summed E-state index contributed by atoms with van der Waals surface area (Å²) in [6.45, 7) is 4.63. The molecule has 1 saturated heterocycles. The summed E-state index contributed by atoms with van der Waals surface area (Å²) in [7, 11) is 0. The molecule has 0 radical (unpaired) electrons. The van der Waals surface area contributed by atoms with Gasteiger partial charge in [0.15, 0.2) is 0 Å². The fraction of sp³-hybridized carbons (Fsp3) is 0.556. The van der Waals surface area contributed by atoms with Crippen LogP contribution in [-0.2, 0) is 11.3 Å². The lowest BCUT2D eigenvalue weighted by Gasteiger charge is -2.26. The molecular formula is C9H13N3O. The molecule has 0 bridgehead atoms. The first-order valence-corrected chi connectivity index (χ1v) is 4.49. The first kappa shape index (κ1) is 8.59. The SMILES string of the molecule is c1ncc(CN2CCOCC2)cn1. The van der Waals surface area contributed by atoms with E-state index < -0.39 is 0 Å². The summed E-state index contributed by atoms with van der Waals surface area (Å²) in [6.07, 6.45) is 5.29. The summed E-state index contributed by atoms with van der Waals surface area (Å²) in [4.78, 5) is 10.3. The number of hydrogen-bond acceptors (Lipinski definition) is 4. The first-order chi connectivity index (χ1) is 6.45. The van der Waals surface area contributed by atoms with Gasteiger partial charge in [0.05, 0.1) is 13.2 Å². The molecular weight excluding hydrogens is 166 g/mol. The molecule has 2 heterocycles. The number of hydrogen-bond donors (Lipinski definition) is 0. The molecule has 1 aromatic heterocycles. The van der Waals surface area contributed by atoms with E-state index in [2.05, 4.69) is 14.9 Å². The summed E-state index contributed by atoms with van der Waals surface area (Å²) in [6, 6.07) is 0. The monoisotopic (exact) mass is 179 g/mol. The third-order valence-corrected chi connectivity index (χ3v) is 2.12. The standard InChI is InChI=1S/C9H13N3O/c1-3-13-4-2-12(1)7-9-5-10-8-11-6-9/h5-6,8H,1-4,7H2. The molecule has 0 atom stereocenters. The average molecular weight is 179 g/mol. The van der Waals surface area contributed by atoms with Gasteiger partial charge in [-0.05, 0) is 0 Å². The Hall–Kier alpha value is -1.00. The van der Waals surface area contributed by atoms with Crippen LogP contribution in [-0.4, -0.2) is 41.2 Å². The van der Waals surface area contributed by atoms with Crippen LogP contribution in [0.25, 0.3) is 0 Å². The molecule has 4 heteroatoms. The van der Waals surface area contributed by atoms with Gasteiger partial charge in [0.2, 0.25) is 0 Å². The van der Waals surface area contributed by atoms with E-state index in [0.717, 1.165) is 32.8 Å². The Morgan fingerprint density at radius 2 is 1.92 bits per heavy atom. The van der Waals surface area contributed by atoms with Crippen molar-refractivity contribution in [3.63, 3.8) is 0 Å². The van der Waals surface area contributed by atoms with Crippen LogP contribution in [0.15, 0.2) is 18.7 Å². The molecule has 70 valence electrons. The molecule has 4 nitrogen and oxygen atoms in total. The number of aromatic nitrogens is 2. The molecule has 0 N–H and O–H groups in total. The fourth-order valence-electron chi connectivity index (χ4n) is 1.43. The van der Waals surface area contributed by atoms with Gasteiger partial charge in [-0.2, -0.15) is 0 Å². The highest BCUT2D eigenvalue weighted by Gasteiger charge is 2.10. The van der Waals surface area contributed by atoms with E-state index >= 15 is 0 Å². The van der Waals surface area contributed by atoms with Crippen LogP contribution in [0.5, 0.6) is 0 Å². The van der Waals surface area contributed by atoms with Crippen molar-refractivity contribution in [3.05, 3.63) is 24.3 Å². The highest BCUT2D eigenvalue weighted by Crippen LogP contribution is 2.03. The van der Waals surface area contributed by atoms with E-state index in [1.807, 2.05) is 12.4 Å². The first-order valence-electron chi connectivity index (χ1n) is 4.49. The Balaban J connectivity index is 1.90. The molecule has 1 aliphatic heterocycles. The highest BCUT2D eigenvalue weighted by molar-refractivity contribution is 5.01. The van der Waals surface area contributed by atoms with Gasteiger partial charge < -0.3 is 4.74 Å². The average Bonchev–Trinajstić information content (AvgIpc) is 2.21. The zero-order chi connectivity index (χ0) is 8.93. The number of nitrogens with zero attached hydrogens (tertiary/aromatic N) is 3. The van der Waals surface area contributed by atoms with Crippen molar-refractivity contribution in [1.82, 2.24) is 14.9 Å². The van der Waals surface area contributed by atoms with Crippen molar-refractivity contribution in [3.8, 4) is 0 Å². The second-order valence-corrected chi connectivity index (χ2v) is 3.14. The molecule has 2 rings (SSSR count). The van der Waals surface area contributed by atoms with Crippen molar-refractivity contribution in [2.45, 2.75) is 6.54 Å². The lowest BCUT2D eigenvalue weighted by molar-refractivity contribution is 0.0341. The Bertz CT molecular complexity index is 246. The lowest BCUT2D eigenvalue weighted by atomic mass is 10.3. The summed E-state index contributed by atoms with van der Waals surface area (Å²) in [5.41, 5.74) is 1.17. The van der Waals surface area contributed by atoms with Crippen molar-refractivity contribution in [1.29, 1.82) is 0 Å². The Labute approximate surface area is 77.6 Å². The van der Waals surface area contributed by atoms with Crippen LogP contribution in [0.4, 0.5) is 0 Å². The van der Waals surface area contributed by atoms with E-state index in [1.165, 1.54) is 5.56 Å². The third kappa shape index (κ3) is 2.47. The van der Waals surface area contributed by atoms with Crippen LogP contribution >= 0.6 is 0 Å². The highest BCUT2D eigenvalue weighted by atomic mass is 16.5. The largest absolute Gasteiger partial charge is 0.379 e. The Morgan fingerprint density at radius 3 is 2.62 bits per heavy atom. The minimum Gasteiger partial charge on any atom is -0.379 e. The van der Waals surface area contributed by atoms with Gasteiger partial charge in [-0.15, -0.1) is 0 Å². The molecule has 0 amide bonds. The summed E-state index contributed by atoms with van der Waals surface area (Å²) in [5.74, 6) is 0. The van der Waals surface area contributed by atoms with Crippen molar-refractivity contribution in [2.24, 2.45) is 0 Å². The predicted molar refractivity (Wildman–Crippen MR) is 48.1 cm³/mol. The maximum Gasteiger partial charge on any atom is 0.115 e. The molecule has 0 aromatic carbocycles. The maximum absolute atomic E-state index is 5.26. The minimum absolute atomic E-state index is 0.841. The van der Waals surface area contributed by atoms with Crippen LogP contribution in [0.1, 0.15) is 5.56 Å². The summed E-state index contributed by atoms with van der Waals surface area (Å²) < 4.78 is 5.26. The van der Waals surface area contributed by atoms with Gasteiger partial charge in [0.25, 0.3) is 0 Å². The molecule has 0 aliphatic carbocycles. The summed E-state index contributed by atoms with van der Waals surface area (Å²) >= 11 is 0. The molecule has 1 aliphatic rings. The number of ether oxygens (including phenoxy) is 1. The zero-order valence-electron chi connectivity index (χ0n) is 7.52. The van der Waals surface area contributed by atoms with E-state index in [0.29, 0.717) is 0 Å². The number of rotatable bonds is 2. The minimum atomic E-state index is 0.841. The van der Waals surface area contributed by atoms with Crippen LogP contribution in [0.3, 0.4) is 0 Å². The molecule has 1 aromatic rings. The van der Waals surface area contributed by atoms with Gasteiger partial charge >= 0.3 is 0 Å². The van der Waals surface area contributed by atoms with Gasteiger partial charge in [0.1, 0.15) is 6.33 Å². The molecule has 1 fully saturated rings. The second-order valence-electron chi connectivity index (χ2n) is 3.14. The van der Waals surface area contributed by atoms with Crippen LogP contribution in [0.2, 0.25) is 0 Å². The Morgan fingerprint density at radius 1 is 1.23 bits per heavy atom. The van der Waals surface area contributed by atoms with E-state index in [1.54, 1.807) is 6.33 Å². The smallest absolute Gasteiger partial charge is 0.115 e. The maximum atomic E-state index is 5.26. The third-order valence-electron chi connectivity index (χ3n) is 2.12. The van der Waals surface area contributed by atoms with E-state index in [-0.39, 0.29) is 0 Å². The van der Waals surface area contributed by atoms with E-state index in [4.69, 9.17) is 4.74 Å². The lowest BCUT2D eigenvalue weighted by Crippen LogP contribution is -2.35. The molecule has 0 spiro atoms. The van der Waals surface area contributed by atoms with Crippen LogP contribution < -0.4 is 0 Å². The van der Waals surface area contributed by atoms with Gasteiger partial charge in [-0.1, -0.05) is 0 Å².